The Hall–Kier alpha value is -3.60. The van der Waals surface area contributed by atoms with E-state index < -0.39 is 6.04 Å². The van der Waals surface area contributed by atoms with Crippen LogP contribution in [0.2, 0.25) is 0 Å². The molecule has 0 bridgehead atoms. The summed E-state index contributed by atoms with van der Waals surface area (Å²) >= 11 is 0. The van der Waals surface area contributed by atoms with E-state index in [4.69, 9.17) is 4.74 Å². The molecule has 1 atom stereocenters. The summed E-state index contributed by atoms with van der Waals surface area (Å²) in [5.41, 5.74) is 5.19. The van der Waals surface area contributed by atoms with Crippen molar-refractivity contribution in [3.05, 3.63) is 101 Å². The van der Waals surface area contributed by atoms with Gasteiger partial charge in [0, 0.05) is 19.0 Å². The molecule has 3 aromatic rings. The molecule has 1 aliphatic rings. The van der Waals surface area contributed by atoms with Crippen LogP contribution in [-0.2, 0) is 29.0 Å². The molecule has 4 rings (SSSR count). The molecule has 200 valence electrons. The molecule has 5 heteroatoms. The lowest BCUT2D eigenvalue weighted by Crippen LogP contribution is -2.53. The van der Waals surface area contributed by atoms with E-state index in [0.29, 0.717) is 13.0 Å². The molecule has 1 saturated carbocycles. The van der Waals surface area contributed by atoms with Crippen molar-refractivity contribution < 1.29 is 14.3 Å². The zero-order chi connectivity index (χ0) is 26.9. The Morgan fingerprint density at radius 1 is 0.868 bits per heavy atom. The number of carbonyl (C=O) groups excluding carboxylic acids is 2. The topological polar surface area (TPSA) is 58.6 Å². The zero-order valence-corrected chi connectivity index (χ0v) is 22.9. The Balaban J connectivity index is 1.68. The molecule has 1 fully saturated rings. The maximum Gasteiger partial charge on any atom is 0.243 e. The van der Waals surface area contributed by atoms with E-state index in [-0.39, 0.29) is 24.3 Å². The number of ether oxygens (including phenoxy) is 1. The maximum absolute atomic E-state index is 14.0. The monoisotopic (exact) mass is 512 g/mol. The first kappa shape index (κ1) is 27.4. The number of benzene rings is 3. The number of methoxy groups -OCH3 is 1. The van der Waals surface area contributed by atoms with Crippen molar-refractivity contribution in [2.24, 2.45) is 0 Å². The SMILES string of the molecule is COc1cccc(CN(C(=O)Cc2cc(C)cc(C)c2)C(Cc2ccccc2)C(=O)NC2CCCCC2)c1. The van der Waals surface area contributed by atoms with Gasteiger partial charge in [-0.25, -0.2) is 0 Å². The van der Waals surface area contributed by atoms with Crippen molar-refractivity contribution in [2.45, 2.75) is 77.4 Å². The Kier molecular flexibility index (Phi) is 9.58. The van der Waals surface area contributed by atoms with Crippen molar-refractivity contribution >= 4 is 11.8 Å². The Morgan fingerprint density at radius 3 is 2.24 bits per heavy atom. The highest BCUT2D eigenvalue weighted by Crippen LogP contribution is 2.22. The highest BCUT2D eigenvalue weighted by Gasteiger charge is 2.32. The minimum absolute atomic E-state index is 0.0578. The van der Waals surface area contributed by atoms with Gasteiger partial charge >= 0.3 is 0 Å². The first-order valence-electron chi connectivity index (χ1n) is 13.7. The van der Waals surface area contributed by atoms with Gasteiger partial charge in [-0.1, -0.05) is 91.1 Å². The van der Waals surface area contributed by atoms with Gasteiger partial charge in [-0.05, 0) is 55.5 Å². The van der Waals surface area contributed by atoms with Gasteiger partial charge in [0.15, 0.2) is 0 Å². The van der Waals surface area contributed by atoms with Gasteiger partial charge in [0.25, 0.3) is 0 Å². The van der Waals surface area contributed by atoms with Crippen LogP contribution >= 0.6 is 0 Å². The fourth-order valence-electron chi connectivity index (χ4n) is 5.51. The summed E-state index contributed by atoms with van der Waals surface area (Å²) in [6.07, 6.45) is 6.18. The molecule has 0 aliphatic heterocycles. The lowest BCUT2D eigenvalue weighted by atomic mass is 9.94. The Bertz CT molecular complexity index is 1200. The van der Waals surface area contributed by atoms with Gasteiger partial charge in [-0.15, -0.1) is 0 Å². The van der Waals surface area contributed by atoms with Crippen LogP contribution in [0.15, 0.2) is 72.8 Å². The highest BCUT2D eigenvalue weighted by atomic mass is 16.5. The van der Waals surface area contributed by atoms with Crippen molar-refractivity contribution in [1.29, 1.82) is 0 Å². The summed E-state index contributed by atoms with van der Waals surface area (Å²) < 4.78 is 5.44. The van der Waals surface area contributed by atoms with E-state index >= 15 is 0 Å². The van der Waals surface area contributed by atoms with E-state index in [1.807, 2.05) is 68.4 Å². The molecule has 1 aliphatic carbocycles. The standard InChI is InChI=1S/C33H40N2O3/c1-24-17-25(2)19-28(18-24)22-32(36)35(23-27-13-10-16-30(20-27)38-3)31(21-26-11-6-4-7-12-26)33(37)34-29-14-8-5-9-15-29/h4,6-7,10-13,16-20,29,31H,5,8-9,14-15,21-23H2,1-3H3,(H,34,37). The molecule has 1 N–H and O–H groups in total. The van der Waals surface area contributed by atoms with Gasteiger partial charge in [0.05, 0.1) is 13.5 Å². The Labute approximate surface area is 227 Å². The first-order valence-corrected chi connectivity index (χ1v) is 13.7. The molecule has 0 saturated heterocycles. The molecule has 5 nitrogen and oxygen atoms in total. The van der Waals surface area contributed by atoms with Crippen LogP contribution in [0.3, 0.4) is 0 Å². The fraction of sp³-hybridized carbons (Fsp3) is 0.394. The second-order valence-corrected chi connectivity index (χ2v) is 10.6. The van der Waals surface area contributed by atoms with Gasteiger partial charge in [-0.2, -0.15) is 0 Å². The summed E-state index contributed by atoms with van der Waals surface area (Å²) in [7, 11) is 1.64. The summed E-state index contributed by atoms with van der Waals surface area (Å²) in [6.45, 7) is 4.42. The normalized spacial score (nSPS) is 14.5. The lowest BCUT2D eigenvalue weighted by molar-refractivity contribution is -0.141. The van der Waals surface area contributed by atoms with Crippen molar-refractivity contribution in [3.8, 4) is 5.75 Å². The van der Waals surface area contributed by atoms with E-state index in [1.54, 1.807) is 12.0 Å². The minimum atomic E-state index is -0.621. The van der Waals surface area contributed by atoms with Gasteiger partial charge in [-0.3, -0.25) is 9.59 Å². The molecule has 3 aromatic carbocycles. The summed E-state index contributed by atoms with van der Waals surface area (Å²) in [6, 6.07) is 23.5. The Morgan fingerprint density at radius 2 is 1.55 bits per heavy atom. The van der Waals surface area contributed by atoms with Gasteiger partial charge in [0.2, 0.25) is 11.8 Å². The number of carbonyl (C=O) groups is 2. The molecule has 0 radical (unpaired) electrons. The third kappa shape index (κ3) is 7.70. The molecular formula is C33H40N2O3. The predicted molar refractivity (Wildman–Crippen MR) is 152 cm³/mol. The zero-order valence-electron chi connectivity index (χ0n) is 22.9. The number of nitrogens with zero attached hydrogens (tertiary/aromatic N) is 1. The maximum atomic E-state index is 14.0. The van der Waals surface area contributed by atoms with E-state index in [2.05, 4.69) is 23.5 Å². The first-order chi connectivity index (χ1) is 18.4. The fourth-order valence-corrected chi connectivity index (χ4v) is 5.51. The quantitative estimate of drug-likeness (QED) is 0.366. The number of hydrogen-bond donors (Lipinski definition) is 1. The number of hydrogen-bond acceptors (Lipinski definition) is 3. The molecule has 1 unspecified atom stereocenters. The largest absolute Gasteiger partial charge is 0.497 e. The highest BCUT2D eigenvalue weighted by molar-refractivity contribution is 5.89. The predicted octanol–water partition coefficient (Wildman–Crippen LogP) is 5.94. The number of nitrogens with one attached hydrogen (secondary N) is 1. The average molecular weight is 513 g/mol. The van der Waals surface area contributed by atoms with Crippen molar-refractivity contribution in [2.75, 3.05) is 7.11 Å². The van der Waals surface area contributed by atoms with Crippen LogP contribution in [-0.4, -0.2) is 35.9 Å². The van der Waals surface area contributed by atoms with Gasteiger partial charge < -0.3 is 15.0 Å². The third-order valence-electron chi connectivity index (χ3n) is 7.35. The molecule has 38 heavy (non-hydrogen) atoms. The molecule has 0 heterocycles. The van der Waals surface area contributed by atoms with Crippen LogP contribution in [0.25, 0.3) is 0 Å². The van der Waals surface area contributed by atoms with Crippen molar-refractivity contribution in [1.82, 2.24) is 10.2 Å². The lowest BCUT2D eigenvalue weighted by Gasteiger charge is -2.33. The molecule has 0 spiro atoms. The van der Waals surface area contributed by atoms with Crippen LogP contribution in [0.5, 0.6) is 5.75 Å². The molecular weight excluding hydrogens is 472 g/mol. The minimum Gasteiger partial charge on any atom is -0.497 e. The van der Waals surface area contributed by atoms with Crippen molar-refractivity contribution in [3.63, 3.8) is 0 Å². The average Bonchev–Trinajstić information content (AvgIpc) is 2.91. The third-order valence-corrected chi connectivity index (χ3v) is 7.35. The molecule has 0 aromatic heterocycles. The summed E-state index contributed by atoms with van der Waals surface area (Å²) in [5.74, 6) is 0.602. The van der Waals surface area contributed by atoms with E-state index in [9.17, 15) is 9.59 Å². The smallest absolute Gasteiger partial charge is 0.243 e. The van der Waals surface area contributed by atoms with Crippen LogP contribution in [0, 0.1) is 13.8 Å². The van der Waals surface area contributed by atoms with Crippen LogP contribution in [0.1, 0.15) is 59.9 Å². The second kappa shape index (κ2) is 13.3. The van der Waals surface area contributed by atoms with E-state index in [1.165, 1.54) is 6.42 Å². The number of aryl methyl sites for hydroxylation is 2. The van der Waals surface area contributed by atoms with Crippen LogP contribution < -0.4 is 10.1 Å². The van der Waals surface area contributed by atoms with Crippen LogP contribution in [0.4, 0.5) is 0 Å². The molecule has 2 amide bonds. The van der Waals surface area contributed by atoms with E-state index in [0.717, 1.165) is 59.3 Å². The summed E-state index contributed by atoms with van der Waals surface area (Å²) in [5, 5.41) is 3.31. The number of rotatable bonds is 10. The van der Waals surface area contributed by atoms with Gasteiger partial charge in [0.1, 0.15) is 11.8 Å². The second-order valence-electron chi connectivity index (χ2n) is 10.6. The number of amides is 2. The summed E-state index contributed by atoms with van der Waals surface area (Å²) in [4.78, 5) is 29.7.